The van der Waals surface area contributed by atoms with Gasteiger partial charge in [-0.2, -0.15) is 0 Å². The molecule has 1 atom stereocenters. The lowest BCUT2D eigenvalue weighted by Gasteiger charge is -2.32. The molecule has 29 heavy (non-hydrogen) atoms. The summed E-state index contributed by atoms with van der Waals surface area (Å²) in [6, 6.07) is 10.7. The Morgan fingerprint density at radius 3 is 2.55 bits per heavy atom. The van der Waals surface area contributed by atoms with Crippen LogP contribution in [-0.4, -0.2) is 33.9 Å². The van der Waals surface area contributed by atoms with E-state index in [1.54, 1.807) is 29.3 Å². The van der Waals surface area contributed by atoms with Gasteiger partial charge >= 0.3 is 0 Å². The molecular formula is C22H18F3N3O. The van der Waals surface area contributed by atoms with Gasteiger partial charge in [-0.15, -0.1) is 0 Å². The van der Waals surface area contributed by atoms with Gasteiger partial charge in [0.1, 0.15) is 17.5 Å². The molecule has 0 aliphatic carbocycles. The van der Waals surface area contributed by atoms with Crippen molar-refractivity contribution in [2.75, 3.05) is 13.1 Å². The second-order valence-corrected chi connectivity index (χ2v) is 7.06. The molecule has 1 fully saturated rings. The topological polar surface area (TPSA) is 46.1 Å². The van der Waals surface area contributed by atoms with E-state index in [1.807, 2.05) is 0 Å². The number of hydrogen-bond acceptors (Lipinski definition) is 3. The fourth-order valence-electron chi connectivity index (χ4n) is 3.63. The molecule has 0 unspecified atom stereocenters. The number of benzene rings is 2. The summed E-state index contributed by atoms with van der Waals surface area (Å²) < 4.78 is 40.5. The Morgan fingerprint density at radius 2 is 1.79 bits per heavy atom. The Bertz CT molecular complexity index is 1040. The lowest BCUT2D eigenvalue weighted by atomic mass is 9.94. The molecule has 0 saturated carbocycles. The highest BCUT2D eigenvalue weighted by atomic mass is 19.1. The maximum absolute atomic E-state index is 13.5. The zero-order valence-electron chi connectivity index (χ0n) is 15.5. The number of rotatable bonds is 3. The van der Waals surface area contributed by atoms with Gasteiger partial charge in [-0.25, -0.2) is 23.1 Å². The van der Waals surface area contributed by atoms with Crippen LogP contribution in [0.2, 0.25) is 0 Å². The summed E-state index contributed by atoms with van der Waals surface area (Å²) in [6.07, 6.45) is 3.18. The Morgan fingerprint density at radius 1 is 1.00 bits per heavy atom. The van der Waals surface area contributed by atoms with Crippen LogP contribution in [0.15, 0.2) is 54.7 Å². The summed E-state index contributed by atoms with van der Waals surface area (Å²) in [5, 5.41) is 0. The number of piperidine rings is 1. The van der Waals surface area contributed by atoms with Crippen LogP contribution in [0.4, 0.5) is 13.2 Å². The normalized spacial score (nSPS) is 16.7. The third-order valence-electron chi connectivity index (χ3n) is 5.00. The number of nitrogens with zero attached hydrogens (tertiary/aromatic N) is 3. The minimum atomic E-state index is -0.780. The van der Waals surface area contributed by atoms with E-state index in [1.165, 1.54) is 12.1 Å². The average Bonchev–Trinajstić information content (AvgIpc) is 2.73. The predicted molar refractivity (Wildman–Crippen MR) is 102 cm³/mol. The molecule has 0 spiro atoms. The van der Waals surface area contributed by atoms with Crippen LogP contribution in [0.3, 0.4) is 0 Å². The predicted octanol–water partition coefficient (Wildman–Crippen LogP) is 4.58. The number of likely N-dealkylation sites (tertiary alicyclic amines) is 1. The number of carbonyl (C=O) groups is 1. The van der Waals surface area contributed by atoms with Crippen molar-refractivity contribution in [3.63, 3.8) is 0 Å². The van der Waals surface area contributed by atoms with Crippen molar-refractivity contribution in [3.05, 3.63) is 83.4 Å². The van der Waals surface area contributed by atoms with Crippen LogP contribution < -0.4 is 0 Å². The molecule has 2 heterocycles. The highest BCUT2D eigenvalue weighted by molar-refractivity contribution is 5.94. The van der Waals surface area contributed by atoms with Crippen molar-refractivity contribution in [1.29, 1.82) is 0 Å². The van der Waals surface area contributed by atoms with Gasteiger partial charge in [-0.1, -0.05) is 12.1 Å². The summed E-state index contributed by atoms with van der Waals surface area (Å²) in [5.41, 5.74) is 1.32. The number of amides is 1. The molecule has 7 heteroatoms. The zero-order chi connectivity index (χ0) is 20.4. The first-order valence-corrected chi connectivity index (χ1v) is 9.34. The average molecular weight is 397 g/mol. The first-order chi connectivity index (χ1) is 14.0. The lowest BCUT2D eigenvalue weighted by molar-refractivity contribution is 0.0705. The molecule has 1 saturated heterocycles. The number of aromatic nitrogens is 2. The molecule has 1 aliphatic rings. The van der Waals surface area contributed by atoms with Crippen molar-refractivity contribution in [2.45, 2.75) is 18.8 Å². The molecule has 4 rings (SSSR count). The largest absolute Gasteiger partial charge is 0.338 e. The van der Waals surface area contributed by atoms with Crippen LogP contribution >= 0.6 is 0 Å². The fraction of sp³-hybridized carbons (Fsp3) is 0.227. The molecule has 3 aromatic rings. The van der Waals surface area contributed by atoms with Gasteiger partial charge in [0.25, 0.3) is 5.91 Å². The van der Waals surface area contributed by atoms with Crippen molar-refractivity contribution in [1.82, 2.24) is 14.9 Å². The Labute approximate surface area is 166 Å². The molecule has 1 aromatic heterocycles. The minimum absolute atomic E-state index is 0.00807. The number of hydrogen-bond donors (Lipinski definition) is 0. The van der Waals surface area contributed by atoms with E-state index >= 15 is 0 Å². The molecule has 0 N–H and O–H groups in total. The van der Waals surface area contributed by atoms with E-state index in [0.29, 0.717) is 24.5 Å². The fourth-order valence-corrected chi connectivity index (χ4v) is 3.63. The quantitative estimate of drug-likeness (QED) is 0.650. The summed E-state index contributed by atoms with van der Waals surface area (Å²) in [6.45, 7) is 0.895. The lowest BCUT2D eigenvalue weighted by Crippen LogP contribution is -2.39. The first-order valence-electron chi connectivity index (χ1n) is 9.34. The van der Waals surface area contributed by atoms with Gasteiger partial charge in [0.15, 0.2) is 5.82 Å². The minimum Gasteiger partial charge on any atom is -0.338 e. The molecule has 1 aliphatic heterocycles. The van der Waals surface area contributed by atoms with Gasteiger partial charge in [-0.05, 0) is 43.2 Å². The van der Waals surface area contributed by atoms with E-state index in [9.17, 15) is 18.0 Å². The van der Waals surface area contributed by atoms with Crippen molar-refractivity contribution in [2.24, 2.45) is 0 Å². The van der Waals surface area contributed by atoms with Crippen LogP contribution in [0.5, 0.6) is 0 Å². The first kappa shape index (κ1) is 19.1. The van der Waals surface area contributed by atoms with E-state index in [0.717, 1.165) is 36.7 Å². The Kier molecular flexibility index (Phi) is 5.29. The third-order valence-corrected chi connectivity index (χ3v) is 5.00. The molecule has 4 nitrogen and oxygen atoms in total. The second-order valence-electron chi connectivity index (χ2n) is 7.06. The van der Waals surface area contributed by atoms with Crippen molar-refractivity contribution in [3.8, 4) is 11.4 Å². The van der Waals surface area contributed by atoms with Crippen LogP contribution in [-0.2, 0) is 0 Å². The standard InChI is InChI=1S/C22H18F3N3O/c23-17-5-1-3-14(9-17)21-26-7-6-20(27-21)15-4-2-8-28(13-15)22(29)16-10-18(24)12-19(25)11-16/h1,3,5-7,9-12,15H,2,4,8,13H2/t15-/m1/s1. The van der Waals surface area contributed by atoms with Crippen LogP contribution in [0, 0.1) is 17.5 Å². The van der Waals surface area contributed by atoms with E-state index in [2.05, 4.69) is 9.97 Å². The molecule has 148 valence electrons. The molecule has 0 bridgehead atoms. The smallest absolute Gasteiger partial charge is 0.254 e. The van der Waals surface area contributed by atoms with Crippen molar-refractivity contribution < 1.29 is 18.0 Å². The maximum Gasteiger partial charge on any atom is 0.254 e. The second kappa shape index (κ2) is 8.03. The third kappa shape index (κ3) is 4.29. The summed E-state index contributed by atoms with van der Waals surface area (Å²) in [7, 11) is 0. The van der Waals surface area contributed by atoms with Gasteiger partial charge in [0, 0.05) is 48.1 Å². The molecule has 1 amide bonds. The van der Waals surface area contributed by atoms with Gasteiger partial charge in [0.05, 0.1) is 0 Å². The van der Waals surface area contributed by atoms with Gasteiger partial charge < -0.3 is 4.90 Å². The molecule has 0 radical (unpaired) electrons. The maximum atomic E-state index is 13.5. The zero-order valence-corrected chi connectivity index (χ0v) is 15.5. The van der Waals surface area contributed by atoms with Crippen molar-refractivity contribution >= 4 is 5.91 Å². The summed E-state index contributed by atoms with van der Waals surface area (Å²) in [5.74, 6) is -1.96. The molecule has 2 aromatic carbocycles. The SMILES string of the molecule is O=C(c1cc(F)cc(F)c1)N1CCC[C@@H](c2ccnc(-c3cccc(F)c3)n2)C1. The Hall–Kier alpha value is -3.22. The van der Waals surface area contributed by atoms with Gasteiger partial charge in [0.2, 0.25) is 0 Å². The van der Waals surface area contributed by atoms with Gasteiger partial charge in [-0.3, -0.25) is 4.79 Å². The number of carbonyl (C=O) groups excluding carboxylic acids is 1. The van der Waals surface area contributed by atoms with Crippen LogP contribution in [0.25, 0.3) is 11.4 Å². The van der Waals surface area contributed by atoms with Crippen LogP contribution in [0.1, 0.15) is 34.8 Å². The highest BCUT2D eigenvalue weighted by Crippen LogP contribution is 2.28. The number of halogens is 3. The monoisotopic (exact) mass is 397 g/mol. The summed E-state index contributed by atoms with van der Waals surface area (Å²) >= 11 is 0. The van der Waals surface area contributed by atoms with E-state index in [-0.39, 0.29) is 17.3 Å². The van der Waals surface area contributed by atoms with E-state index in [4.69, 9.17) is 0 Å². The Balaban J connectivity index is 1.55. The van der Waals surface area contributed by atoms with E-state index < -0.39 is 17.5 Å². The molecular weight excluding hydrogens is 379 g/mol. The summed E-state index contributed by atoms with van der Waals surface area (Å²) in [4.78, 5) is 23.1. The highest BCUT2D eigenvalue weighted by Gasteiger charge is 2.27.